The highest BCUT2D eigenvalue weighted by molar-refractivity contribution is 14.1. The molecule has 190 valence electrons. The van der Waals surface area contributed by atoms with E-state index in [1.165, 1.54) is 5.69 Å². The van der Waals surface area contributed by atoms with E-state index in [0.29, 0.717) is 16.8 Å². The number of anilines is 2. The monoisotopic (exact) mass is 610 g/mol. The zero-order chi connectivity index (χ0) is 24.8. The van der Waals surface area contributed by atoms with Crippen molar-refractivity contribution < 1.29 is 9.53 Å². The van der Waals surface area contributed by atoms with Crippen molar-refractivity contribution >= 4 is 51.6 Å². The molecule has 0 bridgehead atoms. The number of benzene rings is 2. The Hall–Kier alpha value is -1.71. The van der Waals surface area contributed by atoms with Crippen molar-refractivity contribution in [3.8, 4) is 5.75 Å². The van der Waals surface area contributed by atoms with Crippen molar-refractivity contribution in [1.29, 1.82) is 0 Å². The summed E-state index contributed by atoms with van der Waals surface area (Å²) in [6.45, 7) is 8.28. The number of carbonyl (C=O) groups is 1. The molecular weight excluding hydrogens is 575 g/mol. The molecule has 4 rings (SSSR count). The van der Waals surface area contributed by atoms with Crippen molar-refractivity contribution in [1.82, 2.24) is 10.2 Å². The standard InChI is InChI=1S/C27H36ClIN4O2/c1-19(2)35-25-9-4-3-8-24(25)33-16-14-32(15-17-33)22-12-10-21(11-13-22)30-27(34)31-26-20(18-29)6-5-7-23(26)28/h3-9,19,21-22H,10-18H2,1-2H3,(H2,30,31,34). The minimum Gasteiger partial charge on any atom is -0.489 e. The number of carbonyl (C=O) groups excluding carboxylic acids is 1. The zero-order valence-electron chi connectivity index (χ0n) is 20.6. The van der Waals surface area contributed by atoms with Crippen LogP contribution in [0, 0.1) is 0 Å². The minimum atomic E-state index is -0.163. The second-order valence-electron chi connectivity index (χ2n) is 9.67. The number of nitrogens with one attached hydrogen (secondary N) is 2. The lowest BCUT2D eigenvalue weighted by atomic mass is 9.90. The molecule has 1 aliphatic heterocycles. The van der Waals surface area contributed by atoms with Crippen LogP contribution >= 0.6 is 34.2 Å². The third-order valence-electron chi connectivity index (χ3n) is 6.91. The van der Waals surface area contributed by atoms with E-state index in [2.05, 4.69) is 75.1 Å². The lowest BCUT2D eigenvalue weighted by molar-refractivity contribution is 0.137. The number of ether oxygens (including phenoxy) is 1. The van der Waals surface area contributed by atoms with Crippen LogP contribution in [0.5, 0.6) is 5.75 Å². The summed E-state index contributed by atoms with van der Waals surface area (Å²) in [7, 11) is 0. The van der Waals surface area contributed by atoms with E-state index >= 15 is 0 Å². The van der Waals surface area contributed by atoms with Crippen molar-refractivity contribution in [3.05, 3.63) is 53.1 Å². The van der Waals surface area contributed by atoms with Gasteiger partial charge in [0.2, 0.25) is 0 Å². The van der Waals surface area contributed by atoms with Crippen molar-refractivity contribution in [2.45, 2.75) is 62.1 Å². The molecule has 1 saturated heterocycles. The fourth-order valence-corrected chi connectivity index (χ4v) is 6.02. The molecule has 2 aromatic rings. The first-order valence-corrected chi connectivity index (χ1v) is 14.5. The number of amides is 2. The van der Waals surface area contributed by atoms with Gasteiger partial charge in [-0.05, 0) is 63.3 Å². The average molecular weight is 611 g/mol. The zero-order valence-corrected chi connectivity index (χ0v) is 23.5. The molecule has 2 amide bonds. The van der Waals surface area contributed by atoms with Gasteiger partial charge in [0.25, 0.3) is 0 Å². The summed E-state index contributed by atoms with van der Waals surface area (Å²) in [5.74, 6) is 0.975. The summed E-state index contributed by atoms with van der Waals surface area (Å²) < 4.78 is 6.83. The quantitative estimate of drug-likeness (QED) is 0.285. The lowest BCUT2D eigenvalue weighted by Crippen LogP contribution is -2.52. The molecule has 2 N–H and O–H groups in total. The summed E-state index contributed by atoms with van der Waals surface area (Å²) in [6, 6.07) is 14.7. The number of halogens is 2. The van der Waals surface area contributed by atoms with E-state index < -0.39 is 0 Å². The summed E-state index contributed by atoms with van der Waals surface area (Å²) in [5.41, 5.74) is 2.95. The highest BCUT2D eigenvalue weighted by Crippen LogP contribution is 2.32. The van der Waals surface area contributed by atoms with Crippen LogP contribution in [0.1, 0.15) is 45.1 Å². The van der Waals surface area contributed by atoms with Crippen LogP contribution in [0.2, 0.25) is 5.02 Å². The van der Waals surface area contributed by atoms with Gasteiger partial charge in [-0.1, -0.05) is 58.5 Å². The molecule has 35 heavy (non-hydrogen) atoms. The number of hydrogen-bond acceptors (Lipinski definition) is 4. The third kappa shape index (κ3) is 6.95. The first-order valence-electron chi connectivity index (χ1n) is 12.6. The van der Waals surface area contributed by atoms with Crippen LogP contribution in [0.4, 0.5) is 16.2 Å². The fraction of sp³-hybridized carbons (Fsp3) is 0.519. The normalized spacial score (nSPS) is 21.1. The summed E-state index contributed by atoms with van der Waals surface area (Å²) in [4.78, 5) is 17.7. The minimum absolute atomic E-state index is 0.163. The maximum atomic E-state index is 12.6. The first-order chi connectivity index (χ1) is 16.9. The van der Waals surface area contributed by atoms with Crippen molar-refractivity contribution in [2.24, 2.45) is 0 Å². The Morgan fingerprint density at radius 1 is 1.06 bits per heavy atom. The van der Waals surface area contributed by atoms with Gasteiger partial charge >= 0.3 is 6.03 Å². The number of nitrogens with zero attached hydrogens (tertiary/aromatic N) is 2. The Morgan fingerprint density at radius 3 is 2.46 bits per heavy atom. The van der Waals surface area contributed by atoms with Gasteiger partial charge in [0.05, 0.1) is 22.5 Å². The van der Waals surface area contributed by atoms with Gasteiger partial charge < -0.3 is 20.3 Å². The van der Waals surface area contributed by atoms with Gasteiger partial charge in [-0.2, -0.15) is 0 Å². The molecule has 0 aromatic heterocycles. The summed E-state index contributed by atoms with van der Waals surface area (Å²) in [6.07, 6.45) is 4.41. The second kappa shape index (κ2) is 12.5. The Morgan fingerprint density at radius 2 is 1.77 bits per heavy atom. The summed E-state index contributed by atoms with van der Waals surface area (Å²) in [5, 5.41) is 6.72. The molecule has 8 heteroatoms. The van der Waals surface area contributed by atoms with E-state index in [-0.39, 0.29) is 18.2 Å². The molecule has 0 spiro atoms. The van der Waals surface area contributed by atoms with Crippen LogP contribution in [-0.4, -0.2) is 55.3 Å². The number of hydrogen-bond donors (Lipinski definition) is 2. The average Bonchev–Trinajstić information content (AvgIpc) is 2.86. The van der Waals surface area contributed by atoms with Gasteiger partial charge in [0, 0.05) is 42.7 Å². The van der Waals surface area contributed by atoms with E-state index in [9.17, 15) is 4.79 Å². The predicted molar refractivity (Wildman–Crippen MR) is 153 cm³/mol. The molecule has 1 aliphatic carbocycles. The topological polar surface area (TPSA) is 56.8 Å². The first kappa shape index (κ1) is 26.4. The van der Waals surface area contributed by atoms with Crippen molar-refractivity contribution in [3.63, 3.8) is 0 Å². The molecule has 2 fully saturated rings. The van der Waals surface area contributed by atoms with E-state index in [1.54, 1.807) is 0 Å². The SMILES string of the molecule is CC(C)Oc1ccccc1N1CCN(C2CCC(NC(=O)Nc3c(Cl)cccc3CI)CC2)CC1. The Labute approximate surface area is 227 Å². The molecular formula is C27H36ClIN4O2. The van der Waals surface area contributed by atoms with Crippen LogP contribution in [0.25, 0.3) is 0 Å². The van der Waals surface area contributed by atoms with Gasteiger partial charge in [0.15, 0.2) is 0 Å². The van der Waals surface area contributed by atoms with E-state index in [0.717, 1.165) is 67.6 Å². The van der Waals surface area contributed by atoms with Crippen LogP contribution in [0.15, 0.2) is 42.5 Å². The number of para-hydroxylation sites is 3. The van der Waals surface area contributed by atoms with Gasteiger partial charge in [-0.3, -0.25) is 4.90 Å². The molecule has 2 aliphatic rings. The molecule has 2 aromatic carbocycles. The molecule has 0 atom stereocenters. The van der Waals surface area contributed by atoms with Gasteiger partial charge in [-0.25, -0.2) is 4.79 Å². The molecule has 0 unspecified atom stereocenters. The Balaban J connectivity index is 1.24. The summed E-state index contributed by atoms with van der Waals surface area (Å²) >= 11 is 8.61. The third-order valence-corrected chi connectivity index (χ3v) is 8.05. The van der Waals surface area contributed by atoms with E-state index in [4.69, 9.17) is 16.3 Å². The molecule has 6 nitrogen and oxygen atoms in total. The molecule has 0 radical (unpaired) electrons. The fourth-order valence-electron chi connectivity index (χ4n) is 5.14. The van der Waals surface area contributed by atoms with E-state index in [1.807, 2.05) is 24.3 Å². The van der Waals surface area contributed by atoms with Crippen molar-refractivity contribution in [2.75, 3.05) is 36.4 Å². The lowest BCUT2D eigenvalue weighted by Gasteiger charge is -2.43. The highest BCUT2D eigenvalue weighted by Gasteiger charge is 2.29. The van der Waals surface area contributed by atoms with Crippen LogP contribution in [-0.2, 0) is 4.43 Å². The maximum absolute atomic E-state index is 12.6. The Kier molecular flexibility index (Phi) is 9.41. The number of urea groups is 1. The molecule has 1 saturated carbocycles. The maximum Gasteiger partial charge on any atom is 0.319 e. The van der Waals surface area contributed by atoms with Crippen LogP contribution < -0.4 is 20.3 Å². The predicted octanol–water partition coefficient (Wildman–Crippen LogP) is 6.32. The number of piperazine rings is 1. The number of rotatable bonds is 7. The largest absolute Gasteiger partial charge is 0.489 e. The highest BCUT2D eigenvalue weighted by atomic mass is 127. The van der Waals surface area contributed by atoms with Gasteiger partial charge in [-0.15, -0.1) is 0 Å². The van der Waals surface area contributed by atoms with Crippen LogP contribution in [0.3, 0.4) is 0 Å². The Bertz CT molecular complexity index is 989. The van der Waals surface area contributed by atoms with Gasteiger partial charge in [0.1, 0.15) is 5.75 Å². The molecule has 1 heterocycles. The number of alkyl halides is 1. The smallest absolute Gasteiger partial charge is 0.319 e. The second-order valence-corrected chi connectivity index (χ2v) is 10.8.